The summed E-state index contributed by atoms with van der Waals surface area (Å²) in [5, 5.41) is 10.0. The molecule has 0 bridgehead atoms. The van der Waals surface area contributed by atoms with Crippen LogP contribution in [0.3, 0.4) is 0 Å². The van der Waals surface area contributed by atoms with E-state index in [1.54, 1.807) is 0 Å². The normalized spacial score (nSPS) is 54.6. The summed E-state index contributed by atoms with van der Waals surface area (Å²) in [6, 6.07) is 0. The first-order valence-electron chi connectivity index (χ1n) is 8.91. The van der Waals surface area contributed by atoms with E-state index < -0.39 is 0 Å². The second kappa shape index (κ2) is 4.35. The van der Waals surface area contributed by atoms with Crippen molar-refractivity contribution in [3.8, 4) is 0 Å². The van der Waals surface area contributed by atoms with Gasteiger partial charge in [0.2, 0.25) is 0 Å². The minimum absolute atomic E-state index is 0.0100. The molecule has 112 valence electrons. The second-order valence-electron chi connectivity index (χ2n) is 8.72. The summed E-state index contributed by atoms with van der Waals surface area (Å²) in [6.07, 6.45) is 14.4. The lowest BCUT2D eigenvalue weighted by molar-refractivity contribution is -0.0812. The van der Waals surface area contributed by atoms with Crippen LogP contribution in [0, 0.1) is 28.6 Å². The van der Waals surface area contributed by atoms with Gasteiger partial charge >= 0.3 is 0 Å². The molecule has 0 spiro atoms. The Labute approximate surface area is 123 Å². The maximum atomic E-state index is 10.0. The van der Waals surface area contributed by atoms with E-state index in [-0.39, 0.29) is 6.10 Å². The fraction of sp³-hybridized carbons (Fsp3) is 0.895. The summed E-state index contributed by atoms with van der Waals surface area (Å²) in [7, 11) is 0. The van der Waals surface area contributed by atoms with Crippen LogP contribution in [-0.4, -0.2) is 11.2 Å². The molecule has 1 N–H and O–H groups in total. The van der Waals surface area contributed by atoms with Crippen LogP contribution in [0.4, 0.5) is 0 Å². The van der Waals surface area contributed by atoms with Crippen LogP contribution < -0.4 is 0 Å². The zero-order chi connectivity index (χ0) is 14.0. The minimum atomic E-state index is -0.0100. The van der Waals surface area contributed by atoms with Gasteiger partial charge < -0.3 is 5.11 Å². The highest BCUT2D eigenvalue weighted by molar-refractivity contribution is 5.27. The molecule has 0 amide bonds. The zero-order valence-electron chi connectivity index (χ0n) is 13.2. The van der Waals surface area contributed by atoms with Crippen LogP contribution >= 0.6 is 0 Å². The molecule has 4 rings (SSSR count). The number of hydrogen-bond acceptors (Lipinski definition) is 1. The van der Waals surface area contributed by atoms with Crippen LogP contribution in [0.2, 0.25) is 0 Å². The Hall–Kier alpha value is -0.300. The molecule has 3 saturated carbocycles. The molecule has 20 heavy (non-hydrogen) atoms. The summed E-state index contributed by atoms with van der Waals surface area (Å²) in [4.78, 5) is 0. The molecule has 4 aliphatic carbocycles. The van der Waals surface area contributed by atoms with Crippen molar-refractivity contribution in [2.45, 2.75) is 77.7 Å². The van der Waals surface area contributed by atoms with Gasteiger partial charge in [0.15, 0.2) is 0 Å². The fourth-order valence-corrected chi connectivity index (χ4v) is 6.56. The SMILES string of the molecule is CC12CCC=C1C1CC[C@@H]3C[C@H](O)CCC3(C)C1CC2. The Kier molecular flexibility index (Phi) is 2.91. The van der Waals surface area contributed by atoms with E-state index in [0.29, 0.717) is 10.8 Å². The molecule has 0 aromatic rings. The lowest BCUT2D eigenvalue weighted by Crippen LogP contribution is -2.51. The molecule has 0 aromatic carbocycles. The number of allylic oxidation sites excluding steroid dienone is 2. The van der Waals surface area contributed by atoms with Crippen molar-refractivity contribution in [2.75, 3.05) is 0 Å². The quantitative estimate of drug-likeness (QED) is 0.635. The lowest BCUT2D eigenvalue weighted by Gasteiger charge is -2.59. The Bertz CT molecular complexity index is 439. The third-order valence-electron chi connectivity index (χ3n) is 7.83. The van der Waals surface area contributed by atoms with Gasteiger partial charge in [-0.05, 0) is 86.4 Å². The second-order valence-corrected chi connectivity index (χ2v) is 8.72. The van der Waals surface area contributed by atoms with Crippen molar-refractivity contribution in [3.63, 3.8) is 0 Å². The molecule has 0 aliphatic heterocycles. The van der Waals surface area contributed by atoms with Crippen LogP contribution in [0.5, 0.6) is 0 Å². The molecule has 1 heteroatoms. The van der Waals surface area contributed by atoms with Gasteiger partial charge in [0, 0.05) is 0 Å². The third kappa shape index (κ3) is 1.71. The fourth-order valence-electron chi connectivity index (χ4n) is 6.56. The zero-order valence-corrected chi connectivity index (χ0v) is 13.2. The Morgan fingerprint density at radius 3 is 2.75 bits per heavy atom. The number of fused-ring (bicyclic) bond motifs is 5. The van der Waals surface area contributed by atoms with Gasteiger partial charge in [0.05, 0.1) is 6.10 Å². The Balaban J connectivity index is 1.66. The summed E-state index contributed by atoms with van der Waals surface area (Å²) in [5.74, 6) is 2.58. The van der Waals surface area contributed by atoms with E-state index in [9.17, 15) is 5.11 Å². The maximum Gasteiger partial charge on any atom is 0.0543 e. The number of aliphatic hydroxyl groups excluding tert-OH is 1. The predicted octanol–water partition coefficient (Wildman–Crippen LogP) is 4.70. The van der Waals surface area contributed by atoms with Crippen molar-refractivity contribution in [1.29, 1.82) is 0 Å². The summed E-state index contributed by atoms with van der Waals surface area (Å²) >= 11 is 0. The summed E-state index contributed by atoms with van der Waals surface area (Å²) in [6.45, 7) is 5.10. The van der Waals surface area contributed by atoms with Crippen molar-refractivity contribution < 1.29 is 5.11 Å². The standard InChI is InChI=1S/C19H30O/c1-18-9-3-4-16(18)15-6-5-13-12-14(20)7-11-19(13,2)17(15)8-10-18/h4,13-15,17,20H,3,5-12H2,1-2H3/t13-,14-,15?,17?,18?,19?/m1/s1. The van der Waals surface area contributed by atoms with E-state index in [0.717, 1.165) is 30.6 Å². The van der Waals surface area contributed by atoms with Crippen molar-refractivity contribution in [3.05, 3.63) is 11.6 Å². The van der Waals surface area contributed by atoms with Crippen molar-refractivity contribution >= 4 is 0 Å². The van der Waals surface area contributed by atoms with Crippen LogP contribution in [-0.2, 0) is 0 Å². The monoisotopic (exact) mass is 274 g/mol. The minimum Gasteiger partial charge on any atom is -0.393 e. The lowest BCUT2D eigenvalue weighted by atomic mass is 9.46. The topological polar surface area (TPSA) is 20.2 Å². The van der Waals surface area contributed by atoms with Gasteiger partial charge in [0.1, 0.15) is 0 Å². The first-order valence-corrected chi connectivity index (χ1v) is 8.91. The van der Waals surface area contributed by atoms with Crippen molar-refractivity contribution in [2.24, 2.45) is 28.6 Å². The number of aliphatic hydroxyl groups is 1. The Morgan fingerprint density at radius 1 is 1.05 bits per heavy atom. The smallest absolute Gasteiger partial charge is 0.0543 e. The first kappa shape index (κ1) is 13.4. The maximum absolute atomic E-state index is 10.0. The molecular weight excluding hydrogens is 244 g/mol. The molecule has 0 heterocycles. The third-order valence-corrected chi connectivity index (χ3v) is 7.83. The van der Waals surface area contributed by atoms with Gasteiger partial charge in [0.25, 0.3) is 0 Å². The average molecular weight is 274 g/mol. The van der Waals surface area contributed by atoms with Gasteiger partial charge in [-0.2, -0.15) is 0 Å². The molecule has 4 unspecified atom stereocenters. The van der Waals surface area contributed by atoms with Crippen molar-refractivity contribution in [1.82, 2.24) is 0 Å². The van der Waals surface area contributed by atoms with Gasteiger partial charge in [-0.1, -0.05) is 25.5 Å². The molecule has 0 radical (unpaired) electrons. The summed E-state index contributed by atoms with van der Waals surface area (Å²) in [5.41, 5.74) is 2.92. The van der Waals surface area contributed by atoms with Crippen LogP contribution in [0.15, 0.2) is 11.6 Å². The van der Waals surface area contributed by atoms with Gasteiger partial charge in [-0.15, -0.1) is 0 Å². The van der Waals surface area contributed by atoms with E-state index in [1.165, 1.54) is 44.9 Å². The molecule has 0 saturated heterocycles. The highest BCUT2D eigenvalue weighted by Gasteiger charge is 2.55. The number of rotatable bonds is 0. The molecule has 6 atom stereocenters. The molecule has 4 aliphatic rings. The predicted molar refractivity (Wildman–Crippen MR) is 82.3 cm³/mol. The van der Waals surface area contributed by atoms with E-state index >= 15 is 0 Å². The van der Waals surface area contributed by atoms with E-state index in [1.807, 2.05) is 5.57 Å². The first-order chi connectivity index (χ1) is 9.53. The number of hydrogen-bond donors (Lipinski definition) is 1. The Morgan fingerprint density at radius 2 is 1.90 bits per heavy atom. The summed E-state index contributed by atoms with van der Waals surface area (Å²) < 4.78 is 0. The van der Waals surface area contributed by atoms with Crippen LogP contribution in [0.25, 0.3) is 0 Å². The van der Waals surface area contributed by atoms with E-state index in [2.05, 4.69) is 19.9 Å². The van der Waals surface area contributed by atoms with Gasteiger partial charge in [-0.3, -0.25) is 0 Å². The molecule has 0 aromatic heterocycles. The van der Waals surface area contributed by atoms with Crippen LogP contribution in [0.1, 0.15) is 71.6 Å². The largest absolute Gasteiger partial charge is 0.393 e. The highest BCUT2D eigenvalue weighted by atomic mass is 16.3. The molecular formula is C19H30O. The van der Waals surface area contributed by atoms with E-state index in [4.69, 9.17) is 0 Å². The molecule has 3 fully saturated rings. The molecule has 1 nitrogen and oxygen atoms in total. The highest BCUT2D eigenvalue weighted by Crippen LogP contribution is 2.64. The van der Waals surface area contributed by atoms with Gasteiger partial charge in [-0.25, -0.2) is 0 Å². The average Bonchev–Trinajstić information content (AvgIpc) is 2.81.